The van der Waals surface area contributed by atoms with E-state index >= 15 is 0 Å². The number of carbonyl (C=O) groups excluding carboxylic acids is 2. The van der Waals surface area contributed by atoms with Crippen LogP contribution in [-0.2, 0) is 14.3 Å². The average Bonchev–Trinajstić information content (AvgIpc) is 3.25. The van der Waals surface area contributed by atoms with E-state index in [0.717, 1.165) is 57.8 Å². The van der Waals surface area contributed by atoms with Gasteiger partial charge >= 0.3 is 5.97 Å². The van der Waals surface area contributed by atoms with Crippen molar-refractivity contribution in [2.45, 2.75) is 257 Å². The molecule has 0 aliphatic rings. The second-order valence-electron chi connectivity index (χ2n) is 17.4. The van der Waals surface area contributed by atoms with E-state index in [1.807, 2.05) is 60.8 Å². The summed E-state index contributed by atoms with van der Waals surface area (Å²) in [7, 11) is 0. The molecule has 6 heteroatoms. The number of amides is 1. The van der Waals surface area contributed by atoms with Crippen LogP contribution in [0.2, 0.25) is 0 Å². The largest absolute Gasteiger partial charge is 0.462 e. The Morgan fingerprint density at radius 1 is 0.492 bits per heavy atom. The molecule has 0 aromatic heterocycles. The zero-order chi connectivity index (χ0) is 44.5. The Kier molecular flexibility index (Phi) is 46.2. The summed E-state index contributed by atoms with van der Waals surface area (Å²) in [6.45, 7) is 6.32. The third-order valence-electron chi connectivity index (χ3n) is 11.5. The summed E-state index contributed by atoms with van der Waals surface area (Å²) in [5.74, 6) is -0.547. The molecule has 3 atom stereocenters. The molecule has 352 valence electrons. The van der Waals surface area contributed by atoms with Crippen LogP contribution in [0.5, 0.6) is 0 Å². The number of unbranched alkanes of at least 4 members (excludes halogenated alkanes) is 26. The van der Waals surface area contributed by atoms with Crippen LogP contribution in [0.4, 0.5) is 0 Å². The Balaban J connectivity index is 4.69. The maximum Gasteiger partial charge on any atom is 0.306 e. The van der Waals surface area contributed by atoms with Gasteiger partial charge in [0.1, 0.15) is 6.10 Å². The molecule has 3 unspecified atom stereocenters. The molecular formula is C55H97NO5. The maximum absolute atomic E-state index is 13.2. The highest BCUT2D eigenvalue weighted by atomic mass is 16.5. The minimum Gasteiger partial charge on any atom is -0.462 e. The highest BCUT2D eigenvalue weighted by Crippen LogP contribution is 2.17. The summed E-state index contributed by atoms with van der Waals surface area (Å²) in [6.07, 6.45) is 61.0. The van der Waals surface area contributed by atoms with Gasteiger partial charge in [-0.25, -0.2) is 0 Å². The topological polar surface area (TPSA) is 95.9 Å². The third-order valence-corrected chi connectivity index (χ3v) is 11.5. The maximum atomic E-state index is 13.2. The number of hydrogen-bond donors (Lipinski definition) is 3. The average molecular weight is 852 g/mol. The van der Waals surface area contributed by atoms with Gasteiger partial charge in [0, 0.05) is 6.42 Å². The fourth-order valence-corrected chi connectivity index (χ4v) is 7.59. The summed E-state index contributed by atoms with van der Waals surface area (Å²) in [5, 5.41) is 23.8. The zero-order valence-corrected chi connectivity index (χ0v) is 40.0. The van der Waals surface area contributed by atoms with E-state index in [4.69, 9.17) is 4.74 Å². The Morgan fingerprint density at radius 2 is 0.885 bits per heavy atom. The van der Waals surface area contributed by atoms with Gasteiger partial charge in [-0.2, -0.15) is 0 Å². The Labute approximate surface area is 377 Å². The Hall–Kier alpha value is -2.70. The first-order valence-electron chi connectivity index (χ1n) is 25.7. The molecule has 6 nitrogen and oxygen atoms in total. The van der Waals surface area contributed by atoms with Crippen molar-refractivity contribution in [2.75, 3.05) is 6.61 Å². The molecule has 0 heterocycles. The van der Waals surface area contributed by atoms with Crippen molar-refractivity contribution in [1.29, 1.82) is 0 Å². The fourth-order valence-electron chi connectivity index (χ4n) is 7.59. The molecule has 0 aliphatic carbocycles. The first kappa shape index (κ1) is 58.3. The number of ether oxygens (including phenoxy) is 1. The van der Waals surface area contributed by atoms with E-state index in [0.29, 0.717) is 19.3 Å². The number of carbonyl (C=O) groups is 2. The second kappa shape index (κ2) is 48.3. The van der Waals surface area contributed by atoms with Crippen molar-refractivity contribution in [3.05, 3.63) is 72.9 Å². The lowest BCUT2D eigenvalue weighted by atomic mass is 10.0. The predicted molar refractivity (Wildman–Crippen MR) is 264 cm³/mol. The highest BCUT2D eigenvalue weighted by molar-refractivity contribution is 5.77. The number of allylic oxidation sites excluding steroid dienone is 12. The molecule has 0 radical (unpaired) electrons. The van der Waals surface area contributed by atoms with Crippen molar-refractivity contribution in [3.63, 3.8) is 0 Å². The van der Waals surface area contributed by atoms with Gasteiger partial charge < -0.3 is 20.3 Å². The summed E-state index contributed by atoms with van der Waals surface area (Å²) in [6, 6.07) is -0.727. The third kappa shape index (κ3) is 43.7. The molecule has 0 spiro atoms. The molecular weight excluding hydrogens is 755 g/mol. The van der Waals surface area contributed by atoms with Gasteiger partial charge in [-0.3, -0.25) is 9.59 Å². The molecule has 0 aliphatic heterocycles. The van der Waals surface area contributed by atoms with Crippen LogP contribution in [0.3, 0.4) is 0 Å². The molecule has 61 heavy (non-hydrogen) atoms. The first-order chi connectivity index (χ1) is 30.0. The summed E-state index contributed by atoms with van der Waals surface area (Å²) in [5.41, 5.74) is 0. The number of aliphatic hydroxyl groups is 2. The van der Waals surface area contributed by atoms with E-state index in [9.17, 15) is 19.8 Å². The lowest BCUT2D eigenvalue weighted by Gasteiger charge is -2.24. The summed E-state index contributed by atoms with van der Waals surface area (Å²) >= 11 is 0. The van der Waals surface area contributed by atoms with Gasteiger partial charge in [0.2, 0.25) is 5.91 Å². The van der Waals surface area contributed by atoms with E-state index in [2.05, 4.69) is 38.2 Å². The molecule has 0 rings (SSSR count). The molecule has 0 saturated heterocycles. The monoisotopic (exact) mass is 852 g/mol. The van der Waals surface area contributed by atoms with Crippen molar-refractivity contribution in [2.24, 2.45) is 0 Å². The van der Waals surface area contributed by atoms with Crippen LogP contribution in [0.1, 0.15) is 239 Å². The number of esters is 1. The van der Waals surface area contributed by atoms with Gasteiger partial charge in [0.25, 0.3) is 0 Å². The second-order valence-corrected chi connectivity index (χ2v) is 17.4. The minimum atomic E-state index is -0.809. The molecule has 0 aromatic rings. The zero-order valence-electron chi connectivity index (χ0n) is 40.0. The Morgan fingerprint density at radius 3 is 1.31 bits per heavy atom. The predicted octanol–water partition coefficient (Wildman–Crippen LogP) is 15.4. The number of rotatable bonds is 45. The van der Waals surface area contributed by atoms with Crippen LogP contribution in [0.25, 0.3) is 0 Å². The molecule has 0 bridgehead atoms. The van der Waals surface area contributed by atoms with E-state index < -0.39 is 18.2 Å². The van der Waals surface area contributed by atoms with Crippen molar-refractivity contribution in [1.82, 2.24) is 5.32 Å². The van der Waals surface area contributed by atoms with E-state index in [1.165, 1.54) is 135 Å². The lowest BCUT2D eigenvalue weighted by Crippen LogP contribution is -2.46. The van der Waals surface area contributed by atoms with Crippen molar-refractivity contribution < 1.29 is 24.5 Å². The first-order valence-corrected chi connectivity index (χ1v) is 25.7. The lowest BCUT2D eigenvalue weighted by molar-refractivity contribution is -0.151. The Bertz CT molecular complexity index is 1140. The molecule has 0 fully saturated rings. The molecule has 0 aromatic carbocycles. The number of nitrogens with one attached hydrogen (secondary N) is 1. The number of aliphatic hydroxyl groups excluding tert-OH is 2. The van der Waals surface area contributed by atoms with Gasteiger partial charge in [0.15, 0.2) is 0 Å². The molecule has 3 N–H and O–H groups in total. The van der Waals surface area contributed by atoms with Gasteiger partial charge in [-0.1, -0.05) is 261 Å². The fraction of sp³-hybridized carbons (Fsp3) is 0.745. The smallest absolute Gasteiger partial charge is 0.306 e. The summed E-state index contributed by atoms with van der Waals surface area (Å²) in [4.78, 5) is 26.1. The van der Waals surface area contributed by atoms with Crippen LogP contribution < -0.4 is 5.32 Å². The quantitative estimate of drug-likeness (QED) is 0.0322. The van der Waals surface area contributed by atoms with Crippen LogP contribution in [-0.4, -0.2) is 46.9 Å². The van der Waals surface area contributed by atoms with Gasteiger partial charge in [-0.05, 0) is 38.5 Å². The van der Waals surface area contributed by atoms with Crippen LogP contribution in [0, 0.1) is 0 Å². The van der Waals surface area contributed by atoms with E-state index in [1.54, 1.807) is 0 Å². The van der Waals surface area contributed by atoms with Crippen molar-refractivity contribution in [3.8, 4) is 0 Å². The van der Waals surface area contributed by atoms with E-state index in [-0.39, 0.29) is 24.9 Å². The normalized spacial score (nSPS) is 13.9. The van der Waals surface area contributed by atoms with Crippen LogP contribution in [0.15, 0.2) is 72.9 Å². The molecule has 0 saturated carbocycles. The molecule has 1 amide bonds. The highest BCUT2D eigenvalue weighted by Gasteiger charge is 2.24. The number of hydrogen-bond acceptors (Lipinski definition) is 5. The van der Waals surface area contributed by atoms with Gasteiger partial charge in [0.05, 0.1) is 25.2 Å². The summed E-state index contributed by atoms with van der Waals surface area (Å²) < 4.78 is 5.89. The van der Waals surface area contributed by atoms with Crippen molar-refractivity contribution >= 4 is 11.9 Å². The SMILES string of the molecule is CC\C=C/C=C/C=C/C=C\C=C\C=C\CCCC(CC(=O)NC(CO)C(O)CCCCCCCCCCCCCCCCC)OC(=O)CCCCCCCCCCCCCC. The van der Waals surface area contributed by atoms with Crippen LogP contribution >= 0.6 is 0 Å². The minimum absolute atomic E-state index is 0.0262. The van der Waals surface area contributed by atoms with Gasteiger partial charge in [-0.15, -0.1) is 0 Å². The standard InChI is InChI=1S/C55H97NO5/c1-4-7-10-13-16-19-22-25-27-29-31-34-37-40-43-46-51(61-55(60)48-45-42-39-36-33-24-21-18-15-12-9-6-3)49-54(59)56-52(50-57)53(58)47-44-41-38-35-32-30-28-26-23-20-17-14-11-8-5-2/h7,10,13,16,19,22,25,27,29,31,34,37,51-53,57-58H,4-6,8-9,11-12,14-15,17-18,20-21,23-24,26,28,30,32-33,35-36,38-50H2,1-3H3,(H,56,59)/b10-7-,16-13+,22-19+,27-25-,31-29+,37-34+.